The summed E-state index contributed by atoms with van der Waals surface area (Å²) in [4.78, 5) is 11.2. The molecule has 0 radical (unpaired) electrons. The van der Waals surface area contributed by atoms with E-state index in [2.05, 4.69) is 16.8 Å². The van der Waals surface area contributed by atoms with Gasteiger partial charge in [-0.2, -0.15) is 0 Å². The van der Waals surface area contributed by atoms with Gasteiger partial charge in [0.05, 0.1) is 14.7 Å². The average Bonchev–Trinajstić information content (AvgIpc) is 3.04. The van der Waals surface area contributed by atoms with Crippen molar-refractivity contribution in [2.75, 3.05) is 6.26 Å². The number of benzene rings is 1. The van der Waals surface area contributed by atoms with Gasteiger partial charge in [-0.1, -0.05) is 25.3 Å². The second kappa shape index (κ2) is 8.44. The zero-order valence-corrected chi connectivity index (χ0v) is 17.2. The van der Waals surface area contributed by atoms with Gasteiger partial charge in [-0.05, 0) is 36.7 Å². The van der Waals surface area contributed by atoms with Crippen LogP contribution in [0.1, 0.15) is 43.8 Å². The highest BCUT2D eigenvalue weighted by Crippen LogP contribution is 2.38. The summed E-state index contributed by atoms with van der Waals surface area (Å²) in [5, 5.41) is 20.7. The van der Waals surface area contributed by atoms with Crippen LogP contribution in [-0.4, -0.2) is 34.4 Å². The number of allylic oxidation sites excluding steroid dienone is 1. The van der Waals surface area contributed by atoms with E-state index in [0.717, 1.165) is 55.6 Å². The maximum atomic E-state index is 11.7. The Hall–Kier alpha value is -2.20. The Bertz CT molecular complexity index is 995. The van der Waals surface area contributed by atoms with Crippen LogP contribution in [0, 0.1) is 10.1 Å². The van der Waals surface area contributed by atoms with Gasteiger partial charge in [-0.25, -0.2) is 8.42 Å². The summed E-state index contributed by atoms with van der Waals surface area (Å²) >= 11 is 1.12. The Morgan fingerprint density at radius 2 is 2.04 bits per heavy atom. The third-order valence-corrected chi connectivity index (χ3v) is 6.94. The van der Waals surface area contributed by atoms with Crippen molar-refractivity contribution in [2.45, 2.75) is 59.5 Å². The van der Waals surface area contributed by atoms with E-state index >= 15 is 0 Å². The molecule has 0 saturated heterocycles. The third kappa shape index (κ3) is 4.44. The zero-order chi connectivity index (χ0) is 20.3. The smallest absolute Gasteiger partial charge is 0.284 e. The zero-order valence-electron chi connectivity index (χ0n) is 15.6. The van der Waals surface area contributed by atoms with E-state index in [0.29, 0.717) is 22.5 Å². The highest BCUT2D eigenvalue weighted by Gasteiger charge is 2.25. The molecule has 2 aromatic rings. The van der Waals surface area contributed by atoms with Gasteiger partial charge < -0.3 is 4.57 Å². The lowest BCUT2D eigenvalue weighted by atomic mass is 9.89. The Labute approximate surface area is 168 Å². The molecule has 28 heavy (non-hydrogen) atoms. The van der Waals surface area contributed by atoms with Crippen LogP contribution >= 0.6 is 11.8 Å². The molecule has 0 aliphatic heterocycles. The third-order valence-electron chi connectivity index (χ3n) is 4.78. The van der Waals surface area contributed by atoms with Gasteiger partial charge in [-0.3, -0.25) is 10.1 Å². The molecule has 0 unspecified atom stereocenters. The van der Waals surface area contributed by atoms with Gasteiger partial charge in [0, 0.05) is 24.8 Å². The Kier molecular flexibility index (Phi) is 6.19. The fourth-order valence-corrected chi connectivity index (χ4v) is 4.97. The summed E-state index contributed by atoms with van der Waals surface area (Å²) in [5.74, 6) is 1.22. The lowest BCUT2D eigenvalue weighted by Crippen LogP contribution is -2.12. The molecule has 0 amide bonds. The number of aromatic nitrogens is 3. The molecule has 10 heteroatoms. The van der Waals surface area contributed by atoms with Crippen molar-refractivity contribution in [3.8, 4) is 0 Å². The number of nitro benzene ring substituents is 1. The summed E-state index contributed by atoms with van der Waals surface area (Å²) in [6.45, 7) is 4.30. The van der Waals surface area contributed by atoms with E-state index in [9.17, 15) is 18.5 Å². The summed E-state index contributed by atoms with van der Waals surface area (Å²) < 4.78 is 25.4. The molecule has 1 aliphatic carbocycles. The molecule has 0 N–H and O–H groups in total. The molecule has 1 aromatic heterocycles. The van der Waals surface area contributed by atoms with E-state index in [1.54, 1.807) is 6.08 Å². The van der Waals surface area contributed by atoms with E-state index in [4.69, 9.17) is 0 Å². The SMILES string of the molecule is C=CCn1c(Sc2ccc(S(C)(=O)=O)cc2[N+](=O)[O-])nnc1C1CCCCC1. The first-order chi connectivity index (χ1) is 13.3. The highest BCUT2D eigenvalue weighted by molar-refractivity contribution is 7.99. The second-order valence-electron chi connectivity index (χ2n) is 6.84. The van der Waals surface area contributed by atoms with Crippen molar-refractivity contribution >= 4 is 27.3 Å². The molecule has 8 nitrogen and oxygen atoms in total. The largest absolute Gasteiger partial charge is 0.302 e. The van der Waals surface area contributed by atoms with E-state index in [1.165, 1.54) is 18.6 Å². The maximum absolute atomic E-state index is 11.7. The number of nitrogens with zero attached hydrogens (tertiary/aromatic N) is 4. The van der Waals surface area contributed by atoms with Crippen LogP contribution in [0.25, 0.3) is 0 Å². The van der Waals surface area contributed by atoms with Crippen molar-refractivity contribution in [3.63, 3.8) is 0 Å². The molecular weight excluding hydrogens is 400 g/mol. The standard InChI is InChI=1S/C18H22N4O4S2/c1-3-11-21-17(13-7-5-4-6-8-13)19-20-18(21)27-16-10-9-14(28(2,25)26)12-15(16)22(23)24/h3,9-10,12-13H,1,4-8,11H2,2H3. The van der Waals surface area contributed by atoms with Crippen LogP contribution in [0.5, 0.6) is 0 Å². The minimum atomic E-state index is -3.54. The number of rotatable bonds is 7. The van der Waals surface area contributed by atoms with E-state index in [1.807, 2.05) is 4.57 Å². The first-order valence-electron chi connectivity index (χ1n) is 9.01. The number of hydrogen-bond acceptors (Lipinski definition) is 7. The lowest BCUT2D eigenvalue weighted by Gasteiger charge is -2.21. The van der Waals surface area contributed by atoms with Crippen LogP contribution < -0.4 is 0 Å². The number of hydrogen-bond donors (Lipinski definition) is 0. The van der Waals surface area contributed by atoms with Gasteiger partial charge in [0.2, 0.25) is 0 Å². The topological polar surface area (TPSA) is 108 Å². The van der Waals surface area contributed by atoms with Crippen molar-refractivity contribution in [1.82, 2.24) is 14.8 Å². The van der Waals surface area contributed by atoms with Crippen molar-refractivity contribution < 1.29 is 13.3 Å². The summed E-state index contributed by atoms with van der Waals surface area (Å²) in [6.07, 6.45) is 8.44. The molecular formula is C18H22N4O4S2. The maximum Gasteiger partial charge on any atom is 0.284 e. The fraction of sp³-hybridized carbons (Fsp3) is 0.444. The first-order valence-corrected chi connectivity index (χ1v) is 11.7. The highest BCUT2D eigenvalue weighted by atomic mass is 32.2. The van der Waals surface area contributed by atoms with Gasteiger partial charge in [0.1, 0.15) is 5.82 Å². The van der Waals surface area contributed by atoms with Crippen molar-refractivity contribution in [3.05, 3.63) is 46.8 Å². The minimum absolute atomic E-state index is 0.0843. The molecule has 1 heterocycles. The van der Waals surface area contributed by atoms with Crippen molar-refractivity contribution in [2.24, 2.45) is 0 Å². The Morgan fingerprint density at radius 3 is 2.64 bits per heavy atom. The number of nitro groups is 1. The van der Waals surface area contributed by atoms with Gasteiger partial charge in [0.15, 0.2) is 15.0 Å². The minimum Gasteiger partial charge on any atom is -0.302 e. The molecule has 1 fully saturated rings. The number of sulfone groups is 1. The molecule has 3 rings (SSSR count). The first kappa shape index (κ1) is 20.5. The summed E-state index contributed by atoms with van der Waals surface area (Å²) in [6, 6.07) is 3.92. The van der Waals surface area contributed by atoms with E-state index < -0.39 is 14.8 Å². The molecule has 1 aromatic carbocycles. The summed E-state index contributed by atoms with van der Waals surface area (Å²) in [5.41, 5.74) is -0.264. The molecule has 0 bridgehead atoms. The predicted octanol–water partition coefficient (Wildman–Crippen LogP) is 3.97. The monoisotopic (exact) mass is 422 g/mol. The van der Waals surface area contributed by atoms with Gasteiger partial charge >= 0.3 is 0 Å². The lowest BCUT2D eigenvalue weighted by molar-refractivity contribution is -0.388. The molecule has 1 saturated carbocycles. The average molecular weight is 423 g/mol. The van der Waals surface area contributed by atoms with Crippen LogP contribution in [0.3, 0.4) is 0 Å². The van der Waals surface area contributed by atoms with E-state index in [-0.39, 0.29) is 10.6 Å². The second-order valence-corrected chi connectivity index (χ2v) is 9.86. The van der Waals surface area contributed by atoms with Crippen molar-refractivity contribution in [1.29, 1.82) is 0 Å². The predicted molar refractivity (Wildman–Crippen MR) is 106 cm³/mol. The molecule has 0 atom stereocenters. The van der Waals surface area contributed by atoms with Crippen LogP contribution in [0.2, 0.25) is 0 Å². The van der Waals surface area contributed by atoms with Gasteiger partial charge in [-0.15, -0.1) is 16.8 Å². The Morgan fingerprint density at radius 1 is 1.32 bits per heavy atom. The molecule has 0 spiro atoms. The van der Waals surface area contributed by atoms with Crippen LogP contribution in [0.4, 0.5) is 5.69 Å². The van der Waals surface area contributed by atoms with Crippen LogP contribution in [-0.2, 0) is 16.4 Å². The molecule has 150 valence electrons. The van der Waals surface area contributed by atoms with Crippen LogP contribution in [0.15, 0.2) is 45.8 Å². The van der Waals surface area contributed by atoms with Gasteiger partial charge in [0.25, 0.3) is 5.69 Å². The fourth-order valence-electron chi connectivity index (χ4n) is 3.39. The molecule has 1 aliphatic rings. The quantitative estimate of drug-likeness (QED) is 0.377. The summed E-state index contributed by atoms with van der Waals surface area (Å²) in [7, 11) is -3.54. The Balaban J connectivity index is 1.98. The normalized spacial score (nSPS) is 15.5.